The predicted octanol–water partition coefficient (Wildman–Crippen LogP) is 3.07. The quantitative estimate of drug-likeness (QED) is 0.720. The standard InChI is InChI=1S/C7H17FO6P2/c1-6(2)12-15(9,10)5-16(11,14-8)13-7(3)4/h6-7H,5H2,1-4H3,(H,9,10). The molecule has 2 unspecified atom stereocenters. The summed E-state index contributed by atoms with van der Waals surface area (Å²) >= 11 is 0. The first-order chi connectivity index (χ1) is 7.10. The molecule has 0 aliphatic heterocycles. The predicted molar refractivity (Wildman–Crippen MR) is 56.9 cm³/mol. The van der Waals surface area contributed by atoms with Crippen LogP contribution in [-0.2, 0) is 22.9 Å². The average molecular weight is 278 g/mol. The van der Waals surface area contributed by atoms with E-state index in [9.17, 15) is 18.5 Å². The van der Waals surface area contributed by atoms with Crippen LogP contribution in [0.2, 0.25) is 0 Å². The molecule has 0 rings (SSSR count). The molecule has 0 fully saturated rings. The molecule has 0 heterocycles. The summed E-state index contributed by atoms with van der Waals surface area (Å²) in [5, 5.41) is 0. The van der Waals surface area contributed by atoms with Crippen molar-refractivity contribution in [2.45, 2.75) is 39.9 Å². The van der Waals surface area contributed by atoms with Gasteiger partial charge in [0.1, 0.15) is 0 Å². The maximum Gasteiger partial charge on any atom is 0.375 e. The second kappa shape index (κ2) is 6.24. The molecule has 0 saturated heterocycles. The highest BCUT2D eigenvalue weighted by Gasteiger charge is 2.38. The Hall–Kier alpha value is 0.230. The van der Waals surface area contributed by atoms with Gasteiger partial charge in [-0.05, 0) is 32.2 Å². The van der Waals surface area contributed by atoms with Crippen LogP contribution >= 0.6 is 15.2 Å². The minimum Gasteiger partial charge on any atom is -0.324 e. The van der Waals surface area contributed by atoms with Gasteiger partial charge in [-0.25, -0.2) is 0 Å². The molecule has 0 aromatic heterocycles. The maximum absolute atomic E-state index is 12.1. The van der Waals surface area contributed by atoms with Crippen LogP contribution in [0.25, 0.3) is 0 Å². The summed E-state index contributed by atoms with van der Waals surface area (Å²) in [6.07, 6.45) is -1.15. The molecule has 0 radical (unpaired) electrons. The Labute approximate surface area is 94.1 Å². The van der Waals surface area contributed by atoms with E-state index in [0.29, 0.717) is 0 Å². The Morgan fingerprint density at radius 1 is 1.12 bits per heavy atom. The fourth-order valence-electron chi connectivity index (χ4n) is 0.974. The summed E-state index contributed by atoms with van der Waals surface area (Å²) in [7, 11) is -8.43. The van der Waals surface area contributed by atoms with Gasteiger partial charge in [0.25, 0.3) is 0 Å². The molecule has 0 bridgehead atoms. The van der Waals surface area contributed by atoms with E-state index in [1.807, 2.05) is 0 Å². The van der Waals surface area contributed by atoms with Gasteiger partial charge in [0.2, 0.25) is 0 Å². The van der Waals surface area contributed by atoms with Gasteiger partial charge in [0.15, 0.2) is 5.90 Å². The Kier molecular flexibility index (Phi) is 6.33. The highest BCUT2D eigenvalue weighted by Crippen LogP contribution is 2.62. The van der Waals surface area contributed by atoms with Gasteiger partial charge >= 0.3 is 15.2 Å². The molecule has 1 N–H and O–H groups in total. The second-order valence-corrected chi connectivity index (χ2v) is 7.95. The van der Waals surface area contributed by atoms with Crippen molar-refractivity contribution >= 4 is 15.2 Å². The molecule has 0 amide bonds. The lowest BCUT2D eigenvalue weighted by Crippen LogP contribution is -2.07. The summed E-state index contributed by atoms with van der Waals surface area (Å²) in [5.41, 5.74) is 0. The molecular formula is C7H17FO6P2. The molecule has 6 nitrogen and oxygen atoms in total. The summed E-state index contributed by atoms with van der Waals surface area (Å²) in [5.74, 6) is -1.01. The van der Waals surface area contributed by atoms with E-state index in [-0.39, 0.29) is 0 Å². The molecule has 9 heteroatoms. The monoisotopic (exact) mass is 278 g/mol. The van der Waals surface area contributed by atoms with Crippen molar-refractivity contribution in [2.24, 2.45) is 0 Å². The fourth-order valence-corrected chi connectivity index (χ4v) is 4.77. The van der Waals surface area contributed by atoms with Gasteiger partial charge in [0.05, 0.1) is 12.2 Å². The molecule has 16 heavy (non-hydrogen) atoms. The van der Waals surface area contributed by atoms with Crippen molar-refractivity contribution in [3.8, 4) is 0 Å². The van der Waals surface area contributed by atoms with Crippen molar-refractivity contribution in [3.05, 3.63) is 0 Å². The topological polar surface area (TPSA) is 82.1 Å². The average Bonchev–Trinajstić information content (AvgIpc) is 1.98. The Balaban J connectivity index is 4.64. The minimum absolute atomic E-state index is 0.553. The molecule has 98 valence electrons. The Morgan fingerprint density at radius 2 is 1.56 bits per heavy atom. The van der Waals surface area contributed by atoms with E-state index in [1.165, 1.54) is 27.7 Å². The molecule has 0 aromatic rings. The van der Waals surface area contributed by atoms with E-state index in [1.54, 1.807) is 0 Å². The zero-order valence-electron chi connectivity index (χ0n) is 9.62. The first-order valence-electron chi connectivity index (χ1n) is 4.68. The lowest BCUT2D eigenvalue weighted by Gasteiger charge is -2.20. The van der Waals surface area contributed by atoms with Crippen molar-refractivity contribution in [1.29, 1.82) is 0 Å². The van der Waals surface area contributed by atoms with Crippen LogP contribution in [0.15, 0.2) is 0 Å². The van der Waals surface area contributed by atoms with Gasteiger partial charge in [0, 0.05) is 0 Å². The highest BCUT2D eigenvalue weighted by atomic mass is 31.2. The van der Waals surface area contributed by atoms with Gasteiger partial charge in [-0.1, -0.05) is 0 Å². The van der Waals surface area contributed by atoms with Crippen LogP contribution in [0.1, 0.15) is 27.7 Å². The maximum atomic E-state index is 12.1. The first-order valence-corrected chi connectivity index (χ1v) is 8.17. The van der Waals surface area contributed by atoms with Crippen molar-refractivity contribution in [2.75, 3.05) is 5.90 Å². The molecule has 0 saturated carbocycles. The van der Waals surface area contributed by atoms with Crippen LogP contribution in [0, 0.1) is 0 Å². The zero-order valence-corrected chi connectivity index (χ0v) is 11.4. The summed E-state index contributed by atoms with van der Waals surface area (Å²) < 4.78 is 47.5. The van der Waals surface area contributed by atoms with Crippen LogP contribution in [0.5, 0.6) is 0 Å². The Morgan fingerprint density at radius 3 is 1.88 bits per heavy atom. The van der Waals surface area contributed by atoms with Crippen LogP contribution in [0.4, 0.5) is 4.53 Å². The second-order valence-electron chi connectivity index (χ2n) is 3.77. The number of hydrogen-bond acceptors (Lipinski definition) is 5. The van der Waals surface area contributed by atoms with Gasteiger partial charge in [-0.15, -0.1) is 4.73 Å². The van der Waals surface area contributed by atoms with Crippen LogP contribution < -0.4 is 0 Å². The third-order valence-corrected chi connectivity index (χ3v) is 5.72. The lowest BCUT2D eigenvalue weighted by molar-refractivity contribution is -0.0302. The molecular weight excluding hydrogens is 261 g/mol. The van der Waals surface area contributed by atoms with E-state index < -0.39 is 33.3 Å². The normalized spacial score (nSPS) is 19.8. The SMILES string of the molecule is CC(C)OP(=O)(O)CP(=O)(OF)OC(C)C. The molecule has 2 atom stereocenters. The summed E-state index contributed by atoms with van der Waals surface area (Å²) in [6.45, 7) is 6.04. The molecule has 0 spiro atoms. The molecule has 0 aromatic carbocycles. The largest absolute Gasteiger partial charge is 0.375 e. The number of hydrogen-bond donors (Lipinski definition) is 1. The van der Waals surface area contributed by atoms with E-state index >= 15 is 0 Å². The van der Waals surface area contributed by atoms with Gasteiger partial charge < -0.3 is 13.9 Å². The number of halogens is 1. The minimum atomic E-state index is -4.24. The van der Waals surface area contributed by atoms with E-state index in [4.69, 9.17) is 0 Å². The van der Waals surface area contributed by atoms with E-state index in [0.717, 1.165) is 0 Å². The van der Waals surface area contributed by atoms with Crippen LogP contribution in [-0.4, -0.2) is 23.0 Å². The van der Waals surface area contributed by atoms with E-state index in [2.05, 4.69) is 13.8 Å². The van der Waals surface area contributed by atoms with Crippen molar-refractivity contribution in [1.82, 2.24) is 0 Å². The first kappa shape index (κ1) is 16.2. The highest BCUT2D eigenvalue weighted by molar-refractivity contribution is 7.70. The Bertz CT molecular complexity index is 305. The fraction of sp³-hybridized carbons (Fsp3) is 1.00. The zero-order chi connectivity index (χ0) is 13.0. The van der Waals surface area contributed by atoms with Crippen LogP contribution in [0.3, 0.4) is 0 Å². The summed E-state index contributed by atoms with van der Waals surface area (Å²) in [4.78, 5) is 9.30. The van der Waals surface area contributed by atoms with Gasteiger partial charge in [-0.2, -0.15) is 0 Å². The van der Waals surface area contributed by atoms with Crippen molar-refractivity contribution < 1.29 is 32.3 Å². The van der Waals surface area contributed by atoms with Gasteiger partial charge in [-0.3, -0.25) is 9.13 Å². The molecule has 0 aliphatic rings. The number of rotatable bonds is 7. The lowest BCUT2D eigenvalue weighted by atomic mass is 10.5. The molecule has 0 aliphatic carbocycles. The third kappa shape index (κ3) is 6.74. The third-order valence-electron chi connectivity index (χ3n) is 1.20. The summed E-state index contributed by atoms with van der Waals surface area (Å²) in [6, 6.07) is 0. The van der Waals surface area contributed by atoms with Crippen molar-refractivity contribution in [3.63, 3.8) is 0 Å². The smallest absolute Gasteiger partial charge is 0.324 e.